The van der Waals surface area contributed by atoms with Crippen molar-refractivity contribution < 1.29 is 13.9 Å². The van der Waals surface area contributed by atoms with Gasteiger partial charge in [0.05, 0.1) is 30.7 Å². The van der Waals surface area contributed by atoms with Crippen LogP contribution in [0.25, 0.3) is 0 Å². The van der Waals surface area contributed by atoms with Crippen molar-refractivity contribution >= 4 is 5.91 Å². The molecule has 0 N–H and O–H groups in total. The fourth-order valence-corrected chi connectivity index (χ4v) is 3.08. The maximum absolute atomic E-state index is 13.0. The van der Waals surface area contributed by atoms with Crippen molar-refractivity contribution in [1.82, 2.24) is 19.7 Å². The van der Waals surface area contributed by atoms with Gasteiger partial charge in [-0.2, -0.15) is 5.10 Å². The average molecular weight is 354 g/mol. The van der Waals surface area contributed by atoms with Crippen molar-refractivity contribution in [2.45, 2.75) is 32.5 Å². The van der Waals surface area contributed by atoms with Crippen molar-refractivity contribution in [1.29, 1.82) is 0 Å². The second-order valence-corrected chi connectivity index (χ2v) is 6.33. The van der Waals surface area contributed by atoms with E-state index in [-0.39, 0.29) is 11.7 Å². The summed E-state index contributed by atoms with van der Waals surface area (Å²) in [6.07, 6.45) is 9.09. The minimum atomic E-state index is -0.384. The van der Waals surface area contributed by atoms with Crippen LogP contribution in [0, 0.1) is 5.82 Å². The summed E-state index contributed by atoms with van der Waals surface area (Å²) in [5.41, 5.74) is 1.95. The van der Waals surface area contributed by atoms with E-state index in [1.807, 2.05) is 12.2 Å². The molecular formula is C19H19FN4O2. The zero-order chi connectivity index (χ0) is 17.9. The number of nitrogens with zero attached hydrogens (tertiary/aromatic N) is 4. The van der Waals surface area contributed by atoms with E-state index in [9.17, 15) is 9.18 Å². The predicted molar refractivity (Wildman–Crippen MR) is 92.4 cm³/mol. The van der Waals surface area contributed by atoms with Crippen LogP contribution in [0.4, 0.5) is 4.39 Å². The molecule has 0 saturated carbocycles. The fraction of sp³-hybridized carbons (Fsp3) is 0.316. The van der Waals surface area contributed by atoms with Crippen LogP contribution in [0.15, 0.2) is 48.4 Å². The number of ether oxygens (including phenoxy) is 1. The summed E-state index contributed by atoms with van der Waals surface area (Å²) in [6.45, 7) is 1.87. The molecule has 134 valence electrons. The van der Waals surface area contributed by atoms with Gasteiger partial charge >= 0.3 is 0 Å². The normalized spacial score (nSPS) is 16.4. The Hall–Kier alpha value is -2.96. The lowest BCUT2D eigenvalue weighted by Crippen LogP contribution is -2.40. The topological polar surface area (TPSA) is 60.2 Å². The number of halogens is 1. The van der Waals surface area contributed by atoms with E-state index >= 15 is 0 Å². The zero-order valence-corrected chi connectivity index (χ0v) is 14.3. The molecule has 2 aliphatic rings. The van der Waals surface area contributed by atoms with Crippen LogP contribution in [0.1, 0.15) is 34.7 Å². The monoisotopic (exact) mass is 354 g/mol. The lowest BCUT2D eigenvalue weighted by Gasteiger charge is -2.27. The molecule has 0 atom stereocenters. The van der Waals surface area contributed by atoms with Gasteiger partial charge in [-0.1, -0.05) is 12.2 Å². The highest BCUT2D eigenvalue weighted by Gasteiger charge is 2.26. The van der Waals surface area contributed by atoms with Crippen LogP contribution in [-0.2, 0) is 24.4 Å². The van der Waals surface area contributed by atoms with Crippen LogP contribution < -0.4 is 0 Å². The maximum Gasteiger partial charge on any atom is 0.272 e. The molecular weight excluding hydrogens is 335 g/mol. The van der Waals surface area contributed by atoms with Gasteiger partial charge < -0.3 is 9.64 Å². The highest BCUT2D eigenvalue weighted by Crippen LogP contribution is 2.19. The molecule has 0 radical (unpaired) electrons. The fourth-order valence-electron chi connectivity index (χ4n) is 3.08. The van der Waals surface area contributed by atoms with E-state index in [2.05, 4.69) is 16.2 Å². The first-order chi connectivity index (χ1) is 12.7. The second kappa shape index (κ2) is 7.11. The number of fused-ring (bicyclic) bond motifs is 1. The summed E-state index contributed by atoms with van der Waals surface area (Å²) in [4.78, 5) is 18.4. The summed E-state index contributed by atoms with van der Waals surface area (Å²) < 4.78 is 20.5. The zero-order valence-electron chi connectivity index (χ0n) is 14.3. The summed E-state index contributed by atoms with van der Waals surface area (Å²) in [5, 5.41) is 4.47. The summed E-state index contributed by atoms with van der Waals surface area (Å²) in [6, 6.07) is 4.73. The van der Waals surface area contributed by atoms with Gasteiger partial charge in [-0.3, -0.25) is 14.5 Å². The van der Waals surface area contributed by atoms with E-state index in [0.29, 0.717) is 37.6 Å². The van der Waals surface area contributed by atoms with Crippen LogP contribution >= 0.6 is 0 Å². The predicted octanol–water partition coefficient (Wildman–Crippen LogP) is 2.82. The first kappa shape index (κ1) is 16.5. The molecule has 1 amide bonds. The highest BCUT2D eigenvalue weighted by atomic mass is 19.1. The number of allylic oxidation sites excluding steroid dienone is 4. The molecule has 26 heavy (non-hydrogen) atoms. The van der Waals surface area contributed by atoms with E-state index in [0.717, 1.165) is 24.3 Å². The summed E-state index contributed by atoms with van der Waals surface area (Å²) in [7, 11) is 0. The van der Waals surface area contributed by atoms with Crippen molar-refractivity contribution in [2.75, 3.05) is 6.54 Å². The molecule has 1 aliphatic carbocycles. The Labute approximate surface area is 150 Å². The molecule has 1 aliphatic heterocycles. The molecule has 6 nitrogen and oxygen atoms in total. The smallest absolute Gasteiger partial charge is 0.272 e. The summed E-state index contributed by atoms with van der Waals surface area (Å²) in [5.74, 6) is 0.458. The van der Waals surface area contributed by atoms with Gasteiger partial charge in [0, 0.05) is 13.0 Å². The van der Waals surface area contributed by atoms with Crippen molar-refractivity contribution in [3.05, 3.63) is 71.3 Å². The molecule has 7 heteroatoms. The molecule has 0 spiro atoms. The third kappa shape index (κ3) is 3.51. The molecule has 0 aromatic carbocycles. The third-order valence-electron chi connectivity index (χ3n) is 4.44. The van der Waals surface area contributed by atoms with Crippen molar-refractivity contribution in [2.24, 2.45) is 0 Å². The SMILES string of the molecule is O=C1c2cc(COC3=CC=CCC3)nn2CCN1Cc1ccc(F)cn1. The van der Waals surface area contributed by atoms with Gasteiger partial charge in [-0.15, -0.1) is 0 Å². The average Bonchev–Trinajstić information content (AvgIpc) is 3.09. The van der Waals surface area contributed by atoms with Crippen LogP contribution in [0.5, 0.6) is 0 Å². The van der Waals surface area contributed by atoms with Crippen LogP contribution in [0.2, 0.25) is 0 Å². The Morgan fingerprint density at radius 3 is 2.92 bits per heavy atom. The largest absolute Gasteiger partial charge is 0.492 e. The van der Waals surface area contributed by atoms with Crippen LogP contribution in [0.3, 0.4) is 0 Å². The Kier molecular flexibility index (Phi) is 4.51. The minimum Gasteiger partial charge on any atom is -0.492 e. The number of hydrogen-bond acceptors (Lipinski definition) is 4. The number of carbonyl (C=O) groups is 1. The minimum absolute atomic E-state index is 0.0964. The molecule has 0 saturated heterocycles. The van der Waals surface area contributed by atoms with Gasteiger partial charge in [0.15, 0.2) is 0 Å². The van der Waals surface area contributed by atoms with E-state index in [1.165, 1.54) is 12.3 Å². The lowest BCUT2D eigenvalue weighted by atomic mass is 10.2. The first-order valence-electron chi connectivity index (χ1n) is 8.64. The number of hydrogen-bond donors (Lipinski definition) is 0. The van der Waals surface area contributed by atoms with Gasteiger partial charge in [0.2, 0.25) is 0 Å². The molecule has 2 aromatic rings. The quantitative estimate of drug-likeness (QED) is 0.828. The second-order valence-electron chi connectivity index (χ2n) is 6.33. The Morgan fingerprint density at radius 1 is 1.23 bits per heavy atom. The third-order valence-corrected chi connectivity index (χ3v) is 4.44. The number of carbonyl (C=O) groups excluding carboxylic acids is 1. The number of rotatable bonds is 5. The Balaban J connectivity index is 1.43. The van der Waals surface area contributed by atoms with E-state index in [1.54, 1.807) is 21.7 Å². The van der Waals surface area contributed by atoms with Crippen molar-refractivity contribution in [3.63, 3.8) is 0 Å². The molecule has 0 bridgehead atoms. The van der Waals surface area contributed by atoms with Crippen LogP contribution in [-0.4, -0.2) is 32.1 Å². The molecule has 2 aromatic heterocycles. The highest BCUT2D eigenvalue weighted by molar-refractivity contribution is 5.93. The van der Waals surface area contributed by atoms with Gasteiger partial charge in [0.25, 0.3) is 5.91 Å². The standard InChI is InChI=1S/C19H19FN4O2/c20-14-6-7-15(21-11-14)12-23-8-9-24-18(19(23)25)10-16(22-24)13-26-17-4-2-1-3-5-17/h1-2,4,6-7,10-11H,3,5,8-9,12-13H2. The van der Waals surface area contributed by atoms with Gasteiger partial charge in [0.1, 0.15) is 23.8 Å². The Bertz CT molecular complexity index is 870. The maximum atomic E-state index is 13.0. The molecule has 4 rings (SSSR count). The molecule has 0 fully saturated rings. The lowest BCUT2D eigenvalue weighted by molar-refractivity contribution is 0.0681. The van der Waals surface area contributed by atoms with Crippen molar-refractivity contribution in [3.8, 4) is 0 Å². The molecule has 0 unspecified atom stereocenters. The summed E-state index contributed by atoms with van der Waals surface area (Å²) >= 11 is 0. The van der Waals surface area contributed by atoms with E-state index < -0.39 is 0 Å². The van der Waals surface area contributed by atoms with Gasteiger partial charge in [-0.25, -0.2) is 4.39 Å². The number of amides is 1. The first-order valence-corrected chi connectivity index (χ1v) is 8.64. The van der Waals surface area contributed by atoms with Gasteiger partial charge in [-0.05, 0) is 30.7 Å². The van der Waals surface area contributed by atoms with E-state index in [4.69, 9.17) is 4.74 Å². The number of aromatic nitrogens is 3. The Morgan fingerprint density at radius 2 is 2.15 bits per heavy atom. The molecule has 3 heterocycles. The number of pyridine rings is 1.